The van der Waals surface area contributed by atoms with Crippen molar-refractivity contribution < 1.29 is 23.1 Å². The first-order valence-corrected chi connectivity index (χ1v) is 7.51. The number of amides is 1. The number of hydrogen-bond acceptors (Lipinski definition) is 4. The Morgan fingerprint density at radius 2 is 2.15 bits per heavy atom. The third-order valence-electron chi connectivity index (χ3n) is 3.48. The van der Waals surface area contributed by atoms with Crippen LogP contribution in [0.4, 0.5) is 8.78 Å². The zero-order valence-corrected chi connectivity index (χ0v) is 11.7. The number of rotatable bonds is 6. The fourth-order valence-corrected chi connectivity index (χ4v) is 2.84. The molecule has 1 fully saturated rings. The quantitative estimate of drug-likeness (QED) is 0.848. The van der Waals surface area contributed by atoms with Crippen molar-refractivity contribution in [2.75, 3.05) is 6.61 Å². The average Bonchev–Trinajstić information content (AvgIpc) is 3.05. The summed E-state index contributed by atoms with van der Waals surface area (Å²) in [6, 6.07) is 2.99. The van der Waals surface area contributed by atoms with Crippen LogP contribution in [-0.2, 0) is 5.75 Å². The summed E-state index contributed by atoms with van der Waals surface area (Å²) in [5.74, 6) is -2.42. The molecule has 1 aliphatic carbocycles. The van der Waals surface area contributed by atoms with Gasteiger partial charge in [0.25, 0.3) is 11.7 Å². The van der Waals surface area contributed by atoms with Crippen LogP contribution in [-0.4, -0.2) is 28.9 Å². The van der Waals surface area contributed by atoms with Crippen LogP contribution in [0.1, 0.15) is 42.0 Å². The maximum absolute atomic E-state index is 12.1. The van der Waals surface area contributed by atoms with Gasteiger partial charge in [0.15, 0.2) is 5.76 Å². The van der Waals surface area contributed by atoms with Crippen molar-refractivity contribution >= 4 is 17.7 Å². The molecule has 2 rings (SSSR count). The van der Waals surface area contributed by atoms with Crippen molar-refractivity contribution in [3.63, 3.8) is 0 Å². The average molecular weight is 305 g/mol. The monoisotopic (exact) mass is 305 g/mol. The number of alkyl halides is 2. The Morgan fingerprint density at radius 3 is 2.75 bits per heavy atom. The van der Waals surface area contributed by atoms with E-state index in [2.05, 4.69) is 5.32 Å². The number of hydrogen-bond donors (Lipinski definition) is 2. The smallest absolute Gasteiger partial charge is 0.287 e. The first-order chi connectivity index (χ1) is 9.54. The minimum Gasteiger partial charge on any atom is -0.455 e. The molecule has 4 nitrogen and oxygen atoms in total. The van der Waals surface area contributed by atoms with E-state index < -0.39 is 17.2 Å². The SMILES string of the molecule is O=C(NC1(CO)CCCC1)c1ccc(CSC(F)F)o1. The maximum atomic E-state index is 12.1. The molecule has 1 amide bonds. The van der Waals surface area contributed by atoms with Gasteiger partial charge < -0.3 is 14.8 Å². The molecule has 0 spiro atoms. The van der Waals surface area contributed by atoms with E-state index in [4.69, 9.17) is 4.42 Å². The normalized spacial score (nSPS) is 17.6. The molecule has 0 aliphatic heterocycles. The molecule has 0 saturated heterocycles. The number of nitrogens with one attached hydrogen (secondary N) is 1. The predicted molar refractivity (Wildman–Crippen MR) is 71.8 cm³/mol. The Labute approximate surface area is 119 Å². The van der Waals surface area contributed by atoms with Gasteiger partial charge in [-0.05, 0) is 25.0 Å². The van der Waals surface area contributed by atoms with Crippen molar-refractivity contribution in [3.05, 3.63) is 23.7 Å². The molecule has 112 valence electrons. The number of halogens is 2. The molecular formula is C13H17F2NO3S. The van der Waals surface area contributed by atoms with Crippen LogP contribution in [0.3, 0.4) is 0 Å². The van der Waals surface area contributed by atoms with E-state index in [0.29, 0.717) is 17.5 Å². The predicted octanol–water partition coefficient (Wildman–Crippen LogP) is 2.77. The molecule has 7 heteroatoms. The largest absolute Gasteiger partial charge is 0.455 e. The Kier molecular flexibility index (Phi) is 5.04. The number of aliphatic hydroxyl groups is 1. The van der Waals surface area contributed by atoms with Gasteiger partial charge in [-0.2, -0.15) is 8.78 Å². The molecule has 2 N–H and O–H groups in total. The standard InChI is InChI=1S/C13H17F2NO3S/c14-12(15)20-7-9-3-4-10(19-9)11(18)16-13(8-17)5-1-2-6-13/h3-4,12,17H,1-2,5-8H2,(H,16,18). The van der Waals surface area contributed by atoms with Gasteiger partial charge in [-0.15, -0.1) is 0 Å². The Hall–Kier alpha value is -1.08. The van der Waals surface area contributed by atoms with Crippen molar-refractivity contribution in [2.24, 2.45) is 0 Å². The Balaban J connectivity index is 1.95. The second kappa shape index (κ2) is 6.58. The van der Waals surface area contributed by atoms with E-state index in [1.165, 1.54) is 12.1 Å². The minimum absolute atomic E-state index is 0.0239. The zero-order valence-electron chi connectivity index (χ0n) is 10.9. The lowest BCUT2D eigenvalue weighted by Crippen LogP contribution is -2.49. The van der Waals surface area contributed by atoms with Crippen LogP contribution in [0.25, 0.3) is 0 Å². The van der Waals surface area contributed by atoms with Crippen LogP contribution < -0.4 is 5.32 Å². The van der Waals surface area contributed by atoms with E-state index in [-0.39, 0.29) is 18.1 Å². The summed E-state index contributed by atoms with van der Waals surface area (Å²) in [6.45, 7) is -0.104. The van der Waals surface area contributed by atoms with Crippen molar-refractivity contribution in [3.8, 4) is 0 Å². The molecular weight excluding hydrogens is 288 g/mol. The third kappa shape index (κ3) is 3.73. The van der Waals surface area contributed by atoms with Crippen LogP contribution in [0.5, 0.6) is 0 Å². The molecule has 0 radical (unpaired) electrons. The molecule has 0 bridgehead atoms. The van der Waals surface area contributed by atoms with Gasteiger partial charge in [0.1, 0.15) is 5.76 Å². The molecule has 0 aromatic carbocycles. The minimum atomic E-state index is -2.46. The highest BCUT2D eigenvalue weighted by Crippen LogP contribution is 2.29. The molecule has 1 aliphatic rings. The molecule has 0 atom stereocenters. The first-order valence-electron chi connectivity index (χ1n) is 6.46. The highest BCUT2D eigenvalue weighted by atomic mass is 32.2. The lowest BCUT2D eigenvalue weighted by molar-refractivity contribution is 0.0809. The summed E-state index contributed by atoms with van der Waals surface area (Å²) in [5, 5.41) is 12.2. The molecule has 0 unspecified atom stereocenters. The summed E-state index contributed by atoms with van der Waals surface area (Å²) in [6.07, 6.45) is 3.42. The van der Waals surface area contributed by atoms with Gasteiger partial charge in [-0.3, -0.25) is 4.79 Å². The van der Waals surface area contributed by atoms with E-state index in [1.54, 1.807) is 0 Å². The number of thioether (sulfide) groups is 1. The molecule has 20 heavy (non-hydrogen) atoms. The second-order valence-corrected chi connectivity index (χ2v) is 5.92. The van der Waals surface area contributed by atoms with Crippen molar-refractivity contribution in [2.45, 2.75) is 42.7 Å². The van der Waals surface area contributed by atoms with Crippen molar-refractivity contribution in [1.82, 2.24) is 5.32 Å². The van der Waals surface area contributed by atoms with Crippen LogP contribution in [0, 0.1) is 0 Å². The van der Waals surface area contributed by atoms with Crippen LogP contribution in [0.15, 0.2) is 16.5 Å². The summed E-state index contributed by atoms with van der Waals surface area (Å²) in [7, 11) is 0. The lowest BCUT2D eigenvalue weighted by Gasteiger charge is -2.27. The van der Waals surface area contributed by atoms with Gasteiger partial charge in [0, 0.05) is 0 Å². The topological polar surface area (TPSA) is 62.5 Å². The number of aliphatic hydroxyl groups excluding tert-OH is 1. The van der Waals surface area contributed by atoms with Gasteiger partial charge in [-0.1, -0.05) is 24.6 Å². The zero-order chi connectivity index (χ0) is 14.6. The molecule has 1 heterocycles. The molecule has 1 aromatic rings. The van der Waals surface area contributed by atoms with Gasteiger partial charge in [0.05, 0.1) is 17.9 Å². The van der Waals surface area contributed by atoms with Crippen molar-refractivity contribution in [1.29, 1.82) is 0 Å². The lowest BCUT2D eigenvalue weighted by atomic mass is 9.99. The number of carbonyl (C=O) groups is 1. The highest BCUT2D eigenvalue weighted by molar-refractivity contribution is 7.98. The van der Waals surface area contributed by atoms with Gasteiger partial charge >= 0.3 is 0 Å². The summed E-state index contributed by atoms with van der Waals surface area (Å²) >= 11 is 0.447. The van der Waals surface area contributed by atoms with Gasteiger partial charge in [0.2, 0.25) is 0 Å². The number of furan rings is 1. The van der Waals surface area contributed by atoms with E-state index in [1.807, 2.05) is 0 Å². The first kappa shape index (κ1) is 15.3. The van der Waals surface area contributed by atoms with Crippen LogP contribution in [0.2, 0.25) is 0 Å². The highest BCUT2D eigenvalue weighted by Gasteiger charge is 2.35. The number of carbonyl (C=O) groups excluding carboxylic acids is 1. The fraction of sp³-hybridized carbons (Fsp3) is 0.615. The fourth-order valence-electron chi connectivity index (χ4n) is 2.40. The Morgan fingerprint density at radius 1 is 1.45 bits per heavy atom. The van der Waals surface area contributed by atoms with Gasteiger partial charge in [-0.25, -0.2) is 0 Å². The molecule has 1 aromatic heterocycles. The summed E-state index contributed by atoms with van der Waals surface area (Å²) in [4.78, 5) is 12.0. The van der Waals surface area contributed by atoms with E-state index in [9.17, 15) is 18.7 Å². The Bertz CT molecular complexity index is 458. The molecule has 1 saturated carbocycles. The third-order valence-corrected chi connectivity index (χ3v) is 4.18. The summed E-state index contributed by atoms with van der Waals surface area (Å²) < 4.78 is 29.4. The second-order valence-electron chi connectivity index (χ2n) is 4.94. The summed E-state index contributed by atoms with van der Waals surface area (Å²) in [5.41, 5.74) is -0.568. The maximum Gasteiger partial charge on any atom is 0.287 e. The van der Waals surface area contributed by atoms with E-state index in [0.717, 1.165) is 25.7 Å². The van der Waals surface area contributed by atoms with Crippen LogP contribution >= 0.6 is 11.8 Å². The van der Waals surface area contributed by atoms with E-state index >= 15 is 0 Å².